The lowest BCUT2D eigenvalue weighted by atomic mass is 10.1. The summed E-state index contributed by atoms with van der Waals surface area (Å²) >= 11 is 0. The van der Waals surface area contributed by atoms with Crippen LogP contribution in [0.5, 0.6) is 0 Å². The predicted octanol–water partition coefficient (Wildman–Crippen LogP) is 1.87. The summed E-state index contributed by atoms with van der Waals surface area (Å²) in [5, 5.41) is 11.6. The smallest absolute Gasteiger partial charge is 0.317 e. The van der Waals surface area contributed by atoms with Crippen LogP contribution in [-0.4, -0.2) is 40.1 Å². The minimum Gasteiger partial charge on any atom is -0.481 e. The number of hydrogen-bond acceptors (Lipinski definition) is 3. The van der Waals surface area contributed by atoms with Gasteiger partial charge in [-0.15, -0.1) is 0 Å². The van der Waals surface area contributed by atoms with Crippen LogP contribution < -0.4 is 5.32 Å². The number of aliphatic carboxylic acids is 1. The van der Waals surface area contributed by atoms with Crippen LogP contribution >= 0.6 is 0 Å². The number of carboxylic acid groups (broad SMARTS) is 1. The number of carbonyl (C=O) groups excluding carboxylic acids is 1. The highest BCUT2D eigenvalue weighted by molar-refractivity contribution is 5.75. The van der Waals surface area contributed by atoms with E-state index in [0.29, 0.717) is 13.0 Å². The van der Waals surface area contributed by atoms with Crippen molar-refractivity contribution in [2.45, 2.75) is 38.8 Å². The summed E-state index contributed by atoms with van der Waals surface area (Å²) in [4.78, 5) is 28.2. The number of rotatable bonds is 7. The van der Waals surface area contributed by atoms with Gasteiger partial charge in [0.15, 0.2) is 0 Å². The maximum Gasteiger partial charge on any atom is 0.317 e. The second kappa shape index (κ2) is 8.14. The molecule has 0 aliphatic heterocycles. The van der Waals surface area contributed by atoms with Gasteiger partial charge >= 0.3 is 12.0 Å². The van der Waals surface area contributed by atoms with Crippen molar-refractivity contribution in [2.24, 2.45) is 0 Å². The number of nitrogens with zero attached hydrogens (tertiary/aromatic N) is 2. The molecule has 6 heteroatoms. The molecule has 6 nitrogen and oxygen atoms in total. The van der Waals surface area contributed by atoms with E-state index in [4.69, 9.17) is 5.11 Å². The summed E-state index contributed by atoms with van der Waals surface area (Å²) < 4.78 is 0. The molecule has 0 saturated heterocycles. The Balaban J connectivity index is 2.52. The molecule has 0 aromatic carbocycles. The Kier molecular flexibility index (Phi) is 6.49. The Labute approximate surface area is 118 Å². The molecule has 0 radical (unpaired) electrons. The van der Waals surface area contributed by atoms with E-state index in [1.165, 1.54) is 4.90 Å². The Morgan fingerprint density at radius 1 is 1.40 bits per heavy atom. The molecule has 0 fully saturated rings. The number of carboxylic acids is 1. The number of aromatic nitrogens is 1. The van der Waals surface area contributed by atoms with E-state index in [2.05, 4.69) is 10.3 Å². The number of nitrogens with one attached hydrogen (secondary N) is 1. The second-order valence-corrected chi connectivity index (χ2v) is 4.74. The molecular weight excluding hydrogens is 258 g/mol. The Hall–Kier alpha value is -2.11. The van der Waals surface area contributed by atoms with Crippen LogP contribution in [0.25, 0.3) is 0 Å². The summed E-state index contributed by atoms with van der Waals surface area (Å²) in [6.45, 7) is 2.42. The zero-order chi connectivity index (χ0) is 15.0. The van der Waals surface area contributed by atoms with Gasteiger partial charge in [-0.05, 0) is 24.1 Å². The summed E-state index contributed by atoms with van der Waals surface area (Å²) in [7, 11) is 1.68. The molecule has 1 aromatic heterocycles. The Morgan fingerprint density at radius 3 is 2.60 bits per heavy atom. The van der Waals surface area contributed by atoms with Crippen molar-refractivity contribution in [1.29, 1.82) is 0 Å². The van der Waals surface area contributed by atoms with Gasteiger partial charge in [-0.3, -0.25) is 9.78 Å². The van der Waals surface area contributed by atoms with Gasteiger partial charge in [0.25, 0.3) is 0 Å². The number of carbonyl (C=O) groups is 2. The van der Waals surface area contributed by atoms with Gasteiger partial charge in [0.1, 0.15) is 0 Å². The molecule has 20 heavy (non-hydrogen) atoms. The first kappa shape index (κ1) is 15.9. The molecule has 1 heterocycles. The molecule has 1 unspecified atom stereocenters. The SMILES string of the molecule is CCCC(CC(=O)O)NC(=O)N(C)Cc1ccncc1. The third kappa shape index (κ3) is 5.69. The maximum atomic E-state index is 12.0. The van der Waals surface area contributed by atoms with Crippen LogP contribution in [-0.2, 0) is 11.3 Å². The number of amides is 2. The van der Waals surface area contributed by atoms with E-state index in [9.17, 15) is 9.59 Å². The van der Waals surface area contributed by atoms with Crippen molar-refractivity contribution in [3.8, 4) is 0 Å². The predicted molar refractivity (Wildman–Crippen MR) is 75.2 cm³/mol. The van der Waals surface area contributed by atoms with Gasteiger partial charge in [-0.25, -0.2) is 4.79 Å². The van der Waals surface area contributed by atoms with E-state index in [0.717, 1.165) is 12.0 Å². The zero-order valence-electron chi connectivity index (χ0n) is 11.9. The maximum absolute atomic E-state index is 12.0. The minimum absolute atomic E-state index is 0.0529. The van der Waals surface area contributed by atoms with Crippen molar-refractivity contribution in [3.63, 3.8) is 0 Å². The van der Waals surface area contributed by atoms with Crippen LogP contribution in [0.3, 0.4) is 0 Å². The highest BCUT2D eigenvalue weighted by Crippen LogP contribution is 2.05. The van der Waals surface area contributed by atoms with Crippen molar-refractivity contribution in [2.75, 3.05) is 7.05 Å². The van der Waals surface area contributed by atoms with E-state index >= 15 is 0 Å². The number of pyridine rings is 1. The van der Waals surface area contributed by atoms with Crippen LogP contribution in [0.15, 0.2) is 24.5 Å². The van der Waals surface area contributed by atoms with E-state index in [-0.39, 0.29) is 18.5 Å². The summed E-state index contributed by atoms with van der Waals surface area (Å²) in [6.07, 6.45) is 4.77. The van der Waals surface area contributed by atoms with Crippen molar-refractivity contribution in [1.82, 2.24) is 15.2 Å². The second-order valence-electron chi connectivity index (χ2n) is 4.74. The number of urea groups is 1. The molecule has 0 bridgehead atoms. The fourth-order valence-corrected chi connectivity index (χ4v) is 1.90. The Morgan fingerprint density at radius 2 is 2.05 bits per heavy atom. The average Bonchev–Trinajstić information content (AvgIpc) is 2.39. The molecule has 1 rings (SSSR count). The van der Waals surface area contributed by atoms with Gasteiger partial charge in [-0.1, -0.05) is 13.3 Å². The van der Waals surface area contributed by atoms with Crippen LogP contribution in [0.4, 0.5) is 4.79 Å². The lowest BCUT2D eigenvalue weighted by Gasteiger charge is -2.22. The van der Waals surface area contributed by atoms with Gasteiger partial charge in [0, 0.05) is 32.0 Å². The molecule has 0 spiro atoms. The summed E-state index contributed by atoms with van der Waals surface area (Å²) in [5.74, 6) is -0.902. The highest BCUT2D eigenvalue weighted by Gasteiger charge is 2.17. The molecule has 110 valence electrons. The quantitative estimate of drug-likeness (QED) is 0.798. The summed E-state index contributed by atoms with van der Waals surface area (Å²) in [5.41, 5.74) is 0.975. The lowest BCUT2D eigenvalue weighted by molar-refractivity contribution is -0.137. The fraction of sp³-hybridized carbons (Fsp3) is 0.500. The normalized spacial score (nSPS) is 11.7. The summed E-state index contributed by atoms with van der Waals surface area (Å²) in [6, 6.07) is 3.08. The van der Waals surface area contributed by atoms with Gasteiger partial charge in [0.05, 0.1) is 6.42 Å². The highest BCUT2D eigenvalue weighted by atomic mass is 16.4. The van der Waals surface area contributed by atoms with Gasteiger partial charge in [0.2, 0.25) is 0 Å². The first-order valence-electron chi connectivity index (χ1n) is 6.65. The molecular formula is C14H21N3O3. The first-order valence-corrected chi connectivity index (χ1v) is 6.65. The van der Waals surface area contributed by atoms with Crippen LogP contribution in [0.1, 0.15) is 31.7 Å². The topological polar surface area (TPSA) is 82.5 Å². The minimum atomic E-state index is -0.902. The molecule has 0 aliphatic carbocycles. The van der Waals surface area contributed by atoms with Crippen molar-refractivity contribution >= 4 is 12.0 Å². The standard InChI is InChI=1S/C14H21N3O3/c1-3-4-12(9-13(18)19)16-14(20)17(2)10-11-5-7-15-8-6-11/h5-8,12H,3-4,9-10H2,1-2H3,(H,16,20)(H,18,19). The number of hydrogen-bond donors (Lipinski definition) is 2. The molecule has 1 aromatic rings. The molecule has 2 amide bonds. The average molecular weight is 279 g/mol. The monoisotopic (exact) mass is 279 g/mol. The van der Waals surface area contributed by atoms with Crippen molar-refractivity contribution < 1.29 is 14.7 Å². The zero-order valence-corrected chi connectivity index (χ0v) is 11.9. The van der Waals surface area contributed by atoms with E-state index < -0.39 is 5.97 Å². The third-order valence-electron chi connectivity index (χ3n) is 2.90. The van der Waals surface area contributed by atoms with Gasteiger partial charge < -0.3 is 15.3 Å². The molecule has 1 atom stereocenters. The fourth-order valence-electron chi connectivity index (χ4n) is 1.90. The van der Waals surface area contributed by atoms with E-state index in [1.54, 1.807) is 19.4 Å². The molecule has 0 saturated carbocycles. The van der Waals surface area contributed by atoms with E-state index in [1.807, 2.05) is 19.1 Å². The first-order chi connectivity index (χ1) is 9.52. The molecule has 2 N–H and O–H groups in total. The van der Waals surface area contributed by atoms with Crippen LogP contribution in [0, 0.1) is 0 Å². The van der Waals surface area contributed by atoms with Crippen LogP contribution in [0.2, 0.25) is 0 Å². The largest absolute Gasteiger partial charge is 0.481 e. The lowest BCUT2D eigenvalue weighted by Crippen LogP contribution is -2.43. The van der Waals surface area contributed by atoms with Gasteiger partial charge in [-0.2, -0.15) is 0 Å². The van der Waals surface area contributed by atoms with Crippen molar-refractivity contribution in [3.05, 3.63) is 30.1 Å². The third-order valence-corrected chi connectivity index (χ3v) is 2.90. The molecule has 0 aliphatic rings. The Bertz CT molecular complexity index is 437.